The van der Waals surface area contributed by atoms with Crippen molar-refractivity contribution in [3.05, 3.63) is 65.1 Å². The van der Waals surface area contributed by atoms with Gasteiger partial charge >= 0.3 is 0 Å². The minimum absolute atomic E-state index is 0.00171. The van der Waals surface area contributed by atoms with Crippen molar-refractivity contribution in [2.24, 2.45) is 5.10 Å². The zero-order valence-electron chi connectivity index (χ0n) is 19.0. The minimum Gasteiger partial charge on any atom is -0.358 e. The molecule has 1 N–H and O–H groups in total. The van der Waals surface area contributed by atoms with E-state index in [1.54, 1.807) is 52.1 Å². The Labute approximate surface area is 191 Å². The van der Waals surface area contributed by atoms with Crippen LogP contribution < -0.4 is 10.3 Å². The lowest BCUT2D eigenvalue weighted by atomic mass is 9.92. The Bertz CT molecular complexity index is 1320. The second-order valence-electron chi connectivity index (χ2n) is 8.23. The molecule has 3 aromatic rings. The summed E-state index contributed by atoms with van der Waals surface area (Å²) in [7, 11) is 1.56. The van der Waals surface area contributed by atoms with Gasteiger partial charge in [-0.25, -0.2) is 9.99 Å². The van der Waals surface area contributed by atoms with Crippen molar-refractivity contribution >= 4 is 29.4 Å². The van der Waals surface area contributed by atoms with Crippen LogP contribution in [0.4, 0.5) is 5.82 Å². The summed E-state index contributed by atoms with van der Waals surface area (Å²) >= 11 is 0. The lowest BCUT2D eigenvalue weighted by Gasteiger charge is -2.31. The van der Waals surface area contributed by atoms with Crippen LogP contribution in [0.15, 0.2) is 47.8 Å². The Morgan fingerprint density at radius 2 is 2.12 bits per heavy atom. The molecule has 0 saturated carbocycles. The zero-order chi connectivity index (χ0) is 23.8. The van der Waals surface area contributed by atoms with Gasteiger partial charge in [0.2, 0.25) is 5.91 Å². The van der Waals surface area contributed by atoms with E-state index < -0.39 is 5.54 Å². The van der Waals surface area contributed by atoms with Crippen LogP contribution in [0, 0.1) is 11.3 Å². The van der Waals surface area contributed by atoms with Crippen molar-refractivity contribution in [2.45, 2.75) is 26.3 Å². The zero-order valence-corrected chi connectivity index (χ0v) is 19.0. The molecule has 0 aliphatic carbocycles. The summed E-state index contributed by atoms with van der Waals surface area (Å²) in [6, 6.07) is 11.3. The third kappa shape index (κ3) is 3.69. The number of nitriles is 1. The molecule has 0 unspecified atom stereocenters. The van der Waals surface area contributed by atoms with Gasteiger partial charge in [0.15, 0.2) is 5.82 Å². The largest absolute Gasteiger partial charge is 0.358 e. The molecule has 0 fully saturated rings. The third-order valence-corrected chi connectivity index (χ3v) is 6.00. The summed E-state index contributed by atoms with van der Waals surface area (Å²) in [5.41, 5.74) is 2.97. The number of likely N-dealkylation sites (N-methyl/N-ethyl adjacent to an activating group) is 1. The molecule has 0 spiro atoms. The van der Waals surface area contributed by atoms with Crippen LogP contribution in [0.2, 0.25) is 0 Å². The average Bonchev–Trinajstić information content (AvgIpc) is 3.32. The van der Waals surface area contributed by atoms with E-state index in [9.17, 15) is 14.9 Å². The number of fused-ring (bicyclic) bond motifs is 2. The molecule has 0 saturated heterocycles. The molecule has 0 radical (unpaired) electrons. The highest BCUT2D eigenvalue weighted by Gasteiger charge is 2.43. The number of amides is 2. The van der Waals surface area contributed by atoms with Gasteiger partial charge in [0.05, 0.1) is 17.3 Å². The summed E-state index contributed by atoms with van der Waals surface area (Å²) in [6.45, 7) is 6.41. The summed E-state index contributed by atoms with van der Waals surface area (Å²) in [5, 5.41) is 18.3. The van der Waals surface area contributed by atoms with Gasteiger partial charge in [-0.3, -0.25) is 9.59 Å². The predicted molar refractivity (Wildman–Crippen MR) is 125 cm³/mol. The molecule has 0 atom stereocenters. The molecule has 1 aliphatic heterocycles. The van der Waals surface area contributed by atoms with Crippen molar-refractivity contribution in [3.63, 3.8) is 0 Å². The first-order valence-electron chi connectivity index (χ1n) is 10.7. The van der Waals surface area contributed by atoms with E-state index in [2.05, 4.69) is 21.5 Å². The van der Waals surface area contributed by atoms with Crippen LogP contribution in [-0.4, -0.2) is 52.5 Å². The fourth-order valence-corrected chi connectivity index (χ4v) is 4.11. The summed E-state index contributed by atoms with van der Waals surface area (Å²) in [4.78, 5) is 30.9. The lowest BCUT2D eigenvalue weighted by Crippen LogP contribution is -2.45. The van der Waals surface area contributed by atoms with Gasteiger partial charge in [-0.05, 0) is 56.2 Å². The highest BCUT2D eigenvalue weighted by atomic mass is 16.2. The van der Waals surface area contributed by atoms with E-state index in [-0.39, 0.29) is 18.4 Å². The maximum atomic E-state index is 12.9. The number of carbonyl (C=O) groups excluding carboxylic acids is 2. The van der Waals surface area contributed by atoms with E-state index in [1.165, 1.54) is 0 Å². The molecule has 9 nitrogen and oxygen atoms in total. The second-order valence-corrected chi connectivity index (χ2v) is 8.23. The van der Waals surface area contributed by atoms with Gasteiger partial charge < -0.3 is 14.6 Å². The van der Waals surface area contributed by atoms with E-state index in [0.29, 0.717) is 23.6 Å². The van der Waals surface area contributed by atoms with Crippen LogP contribution in [-0.2, 0) is 10.3 Å². The van der Waals surface area contributed by atoms with Gasteiger partial charge in [-0.1, -0.05) is 6.07 Å². The minimum atomic E-state index is -0.625. The number of nitrogens with zero attached hydrogens (tertiary/aromatic N) is 6. The molecular weight excluding hydrogens is 418 g/mol. The number of hydrogen-bond acceptors (Lipinski definition) is 6. The van der Waals surface area contributed by atoms with Crippen molar-refractivity contribution in [1.29, 1.82) is 5.26 Å². The monoisotopic (exact) mass is 443 g/mol. The first-order chi connectivity index (χ1) is 15.8. The number of aromatic nitrogens is 2. The molecule has 9 heteroatoms. The Kier molecular flexibility index (Phi) is 5.60. The van der Waals surface area contributed by atoms with Crippen LogP contribution in [0.1, 0.15) is 48.0 Å². The number of carbonyl (C=O) groups is 2. The number of rotatable bonds is 6. The first-order valence-corrected chi connectivity index (χ1v) is 10.7. The normalized spacial score (nSPS) is 14.5. The standard InChI is InChI=1S/C24H25N7O2/c1-5-31(22-20-9-7-17(13-25)29(20)11-10-27-22)28-14-16-6-8-18-19(12-16)24(2,3)30(23(18)33)15-21(32)26-4/h6-12,14H,5,15H2,1-4H3,(H,26,32)/b28-14+. The van der Waals surface area contributed by atoms with Gasteiger partial charge in [0, 0.05) is 31.5 Å². The van der Waals surface area contributed by atoms with Crippen LogP contribution >= 0.6 is 0 Å². The Hall–Kier alpha value is -4.19. The van der Waals surface area contributed by atoms with E-state index in [4.69, 9.17) is 0 Å². The van der Waals surface area contributed by atoms with Crippen molar-refractivity contribution in [1.82, 2.24) is 19.6 Å². The second kappa shape index (κ2) is 8.39. The number of anilines is 1. The Morgan fingerprint density at radius 3 is 2.82 bits per heavy atom. The molecular formula is C24H25N7O2. The molecule has 33 heavy (non-hydrogen) atoms. The van der Waals surface area contributed by atoms with Crippen molar-refractivity contribution < 1.29 is 9.59 Å². The molecule has 1 aliphatic rings. The Morgan fingerprint density at radius 1 is 1.33 bits per heavy atom. The number of nitrogens with one attached hydrogen (secondary N) is 1. The fraction of sp³-hybridized carbons (Fsp3) is 0.292. The molecule has 1 aromatic carbocycles. The Balaban J connectivity index is 1.65. The fourth-order valence-electron chi connectivity index (χ4n) is 4.11. The van der Waals surface area contributed by atoms with E-state index in [1.807, 2.05) is 39.0 Å². The number of hydrazone groups is 1. The van der Waals surface area contributed by atoms with Crippen molar-refractivity contribution in [3.8, 4) is 6.07 Å². The van der Waals surface area contributed by atoms with Gasteiger partial charge in [0.25, 0.3) is 5.91 Å². The molecule has 2 aromatic heterocycles. The summed E-state index contributed by atoms with van der Waals surface area (Å²) in [5.74, 6) is 0.275. The van der Waals surface area contributed by atoms with Crippen LogP contribution in [0.5, 0.6) is 0 Å². The summed E-state index contributed by atoms with van der Waals surface area (Å²) < 4.78 is 1.78. The maximum Gasteiger partial charge on any atom is 0.255 e. The molecule has 2 amide bonds. The average molecular weight is 444 g/mol. The smallest absolute Gasteiger partial charge is 0.255 e. The summed E-state index contributed by atoms with van der Waals surface area (Å²) in [6.07, 6.45) is 5.12. The molecule has 168 valence electrons. The lowest BCUT2D eigenvalue weighted by molar-refractivity contribution is -0.122. The van der Waals surface area contributed by atoms with Gasteiger partial charge in [0.1, 0.15) is 18.3 Å². The highest BCUT2D eigenvalue weighted by Crippen LogP contribution is 2.38. The molecule has 3 heterocycles. The molecule has 0 bridgehead atoms. The third-order valence-electron chi connectivity index (χ3n) is 6.00. The topological polar surface area (TPSA) is 106 Å². The highest BCUT2D eigenvalue weighted by molar-refractivity contribution is 6.02. The maximum absolute atomic E-state index is 12.9. The quantitative estimate of drug-likeness (QED) is 0.465. The SMILES string of the molecule is CCN(/N=C/c1ccc2c(c1)C(C)(C)N(CC(=O)NC)C2=O)c1nccn2c(C#N)ccc12. The van der Waals surface area contributed by atoms with Gasteiger partial charge in [-0.15, -0.1) is 0 Å². The molecule has 4 rings (SSSR count). The predicted octanol–water partition coefficient (Wildman–Crippen LogP) is 2.50. The number of benzene rings is 1. The van der Waals surface area contributed by atoms with Crippen LogP contribution in [0.25, 0.3) is 5.52 Å². The van der Waals surface area contributed by atoms with E-state index >= 15 is 0 Å². The number of hydrogen-bond donors (Lipinski definition) is 1. The van der Waals surface area contributed by atoms with Gasteiger partial charge in [-0.2, -0.15) is 10.4 Å². The van der Waals surface area contributed by atoms with Crippen molar-refractivity contribution in [2.75, 3.05) is 25.1 Å². The van der Waals surface area contributed by atoms with E-state index in [0.717, 1.165) is 16.6 Å². The van der Waals surface area contributed by atoms with Crippen LogP contribution in [0.3, 0.4) is 0 Å². The first kappa shape index (κ1) is 22.0.